The first-order chi connectivity index (χ1) is 10.0. The third-order valence-electron chi connectivity index (χ3n) is 4.70. The van der Waals surface area contributed by atoms with Crippen molar-refractivity contribution >= 4 is 0 Å². The molecule has 21 heavy (non-hydrogen) atoms. The molecule has 0 aromatic carbocycles. The molecule has 118 valence electrons. The second-order valence-electron chi connectivity index (χ2n) is 6.37. The summed E-state index contributed by atoms with van der Waals surface area (Å²) in [6.07, 6.45) is 6.51. The lowest BCUT2D eigenvalue weighted by atomic mass is 9.78. The molecule has 0 bridgehead atoms. The van der Waals surface area contributed by atoms with Gasteiger partial charge in [-0.1, -0.05) is 13.3 Å². The Bertz CT molecular complexity index is 473. The van der Waals surface area contributed by atoms with Gasteiger partial charge in [-0.3, -0.25) is 0 Å². The van der Waals surface area contributed by atoms with Crippen molar-refractivity contribution in [1.29, 1.82) is 0 Å². The highest BCUT2D eigenvalue weighted by Gasteiger charge is 2.40. The number of hydrogen-bond acceptors (Lipinski definition) is 4. The summed E-state index contributed by atoms with van der Waals surface area (Å²) in [5.41, 5.74) is 1.94. The Labute approximate surface area is 128 Å². The molecule has 1 heterocycles. The predicted octanol–water partition coefficient (Wildman–Crippen LogP) is 3.51. The van der Waals surface area contributed by atoms with Gasteiger partial charge in [-0.15, -0.1) is 0 Å². The van der Waals surface area contributed by atoms with E-state index in [0.717, 1.165) is 29.9 Å². The molecule has 1 saturated carbocycles. The number of rotatable bonds is 5. The van der Waals surface area contributed by atoms with Gasteiger partial charge in [0.2, 0.25) is 0 Å². The number of ether oxygens (including phenoxy) is 1. The maximum atomic E-state index is 6.17. The molecular formula is C17H29N3O. The smallest absolute Gasteiger partial charge is 0.160 e. The molecule has 3 unspecified atom stereocenters. The molecule has 0 aliphatic heterocycles. The largest absolute Gasteiger partial charge is 0.367 e. The van der Waals surface area contributed by atoms with Gasteiger partial charge in [0, 0.05) is 30.1 Å². The summed E-state index contributed by atoms with van der Waals surface area (Å²) in [5.74, 6) is 1.55. The molecule has 0 spiro atoms. The molecule has 1 aromatic heterocycles. The van der Waals surface area contributed by atoms with Crippen LogP contribution >= 0.6 is 0 Å². The lowest BCUT2D eigenvalue weighted by molar-refractivity contribution is -0.0882. The number of aryl methyl sites for hydroxylation is 1. The zero-order chi connectivity index (χ0) is 15.5. The van der Waals surface area contributed by atoms with Gasteiger partial charge in [0.25, 0.3) is 0 Å². The molecule has 0 amide bonds. The van der Waals surface area contributed by atoms with Crippen molar-refractivity contribution in [2.24, 2.45) is 5.92 Å². The van der Waals surface area contributed by atoms with E-state index in [2.05, 4.69) is 38.0 Å². The van der Waals surface area contributed by atoms with Crippen LogP contribution < -0.4 is 5.32 Å². The van der Waals surface area contributed by atoms with Crippen LogP contribution in [0.25, 0.3) is 0 Å². The van der Waals surface area contributed by atoms with Crippen LogP contribution in [-0.2, 0) is 10.3 Å². The van der Waals surface area contributed by atoms with Crippen molar-refractivity contribution in [3.63, 3.8) is 0 Å². The van der Waals surface area contributed by atoms with E-state index in [1.807, 2.05) is 13.2 Å². The molecule has 3 atom stereocenters. The quantitative estimate of drug-likeness (QED) is 0.902. The van der Waals surface area contributed by atoms with Crippen molar-refractivity contribution in [1.82, 2.24) is 15.3 Å². The summed E-state index contributed by atoms with van der Waals surface area (Å²) in [6.45, 7) is 9.28. The number of nitrogens with one attached hydrogen (secondary N) is 1. The van der Waals surface area contributed by atoms with Gasteiger partial charge >= 0.3 is 0 Å². The summed E-state index contributed by atoms with van der Waals surface area (Å²) in [4.78, 5) is 9.50. The van der Waals surface area contributed by atoms with Gasteiger partial charge in [0.15, 0.2) is 5.82 Å². The minimum Gasteiger partial charge on any atom is -0.367 e. The van der Waals surface area contributed by atoms with Crippen LogP contribution in [0.15, 0.2) is 6.20 Å². The highest BCUT2D eigenvalue weighted by Crippen LogP contribution is 2.41. The van der Waals surface area contributed by atoms with E-state index < -0.39 is 0 Å². The highest BCUT2D eigenvalue weighted by molar-refractivity contribution is 5.22. The molecule has 1 aliphatic carbocycles. The van der Waals surface area contributed by atoms with E-state index in [-0.39, 0.29) is 11.6 Å². The van der Waals surface area contributed by atoms with Crippen LogP contribution in [0.4, 0.5) is 0 Å². The number of hydrogen-bond donors (Lipinski definition) is 1. The van der Waals surface area contributed by atoms with Gasteiger partial charge in [-0.05, 0) is 53.0 Å². The van der Waals surface area contributed by atoms with E-state index in [9.17, 15) is 0 Å². The van der Waals surface area contributed by atoms with E-state index >= 15 is 0 Å². The third-order valence-corrected chi connectivity index (χ3v) is 4.70. The summed E-state index contributed by atoms with van der Waals surface area (Å²) >= 11 is 0. The lowest BCUT2D eigenvalue weighted by Crippen LogP contribution is -2.37. The van der Waals surface area contributed by atoms with Gasteiger partial charge in [0.1, 0.15) is 5.60 Å². The van der Waals surface area contributed by atoms with E-state index in [1.165, 1.54) is 12.8 Å². The number of nitrogens with zero attached hydrogens (tertiary/aromatic N) is 2. The van der Waals surface area contributed by atoms with Gasteiger partial charge in [-0.25, -0.2) is 9.97 Å². The molecule has 1 aliphatic rings. The van der Waals surface area contributed by atoms with E-state index in [4.69, 9.17) is 9.72 Å². The van der Waals surface area contributed by atoms with Crippen LogP contribution in [-0.4, -0.2) is 23.6 Å². The highest BCUT2D eigenvalue weighted by atomic mass is 16.5. The zero-order valence-corrected chi connectivity index (χ0v) is 14.1. The average molecular weight is 291 g/mol. The molecule has 2 rings (SSSR count). The molecule has 1 fully saturated rings. The normalized spacial score (nSPS) is 27.6. The standard InChI is InChI=1S/C17H29N3O/c1-6-21-17(9-7-8-12(2)10-17)16-19-11-15(13(3)18-5)14(4)20-16/h11-13,18H,6-10H2,1-5H3. The predicted molar refractivity (Wildman–Crippen MR) is 85.2 cm³/mol. The van der Waals surface area contributed by atoms with Gasteiger partial charge < -0.3 is 10.1 Å². The van der Waals surface area contributed by atoms with Crippen LogP contribution in [0.5, 0.6) is 0 Å². The minimum atomic E-state index is -0.279. The van der Waals surface area contributed by atoms with Crippen LogP contribution in [0.1, 0.15) is 69.6 Å². The van der Waals surface area contributed by atoms with Crippen molar-refractivity contribution in [2.45, 2.75) is 65.0 Å². The fraction of sp³-hybridized carbons (Fsp3) is 0.765. The summed E-state index contributed by atoms with van der Waals surface area (Å²) in [7, 11) is 1.96. The Morgan fingerprint density at radius 3 is 2.86 bits per heavy atom. The molecule has 4 heteroatoms. The molecule has 4 nitrogen and oxygen atoms in total. The van der Waals surface area contributed by atoms with E-state index in [1.54, 1.807) is 0 Å². The topological polar surface area (TPSA) is 47.0 Å². The average Bonchev–Trinajstić information content (AvgIpc) is 2.46. The van der Waals surface area contributed by atoms with Crippen LogP contribution in [0, 0.1) is 12.8 Å². The van der Waals surface area contributed by atoms with Crippen molar-refractivity contribution in [2.75, 3.05) is 13.7 Å². The first-order valence-corrected chi connectivity index (χ1v) is 8.17. The molecule has 0 saturated heterocycles. The third kappa shape index (κ3) is 3.43. The number of aromatic nitrogens is 2. The maximum absolute atomic E-state index is 6.17. The van der Waals surface area contributed by atoms with Crippen molar-refractivity contribution < 1.29 is 4.74 Å². The molecule has 1 N–H and O–H groups in total. The Morgan fingerprint density at radius 2 is 2.29 bits per heavy atom. The Morgan fingerprint density at radius 1 is 1.52 bits per heavy atom. The molecule has 1 aromatic rings. The monoisotopic (exact) mass is 291 g/mol. The summed E-state index contributed by atoms with van der Waals surface area (Å²) < 4.78 is 6.17. The first kappa shape index (κ1) is 16.4. The van der Waals surface area contributed by atoms with Gasteiger partial charge in [0.05, 0.1) is 0 Å². The SMILES string of the molecule is CCOC1(c2ncc(C(C)NC)c(C)n2)CCCC(C)C1. The molecular weight excluding hydrogens is 262 g/mol. The van der Waals surface area contributed by atoms with Gasteiger partial charge in [-0.2, -0.15) is 0 Å². The Kier molecular flexibility index (Phi) is 5.33. The Balaban J connectivity index is 2.35. The minimum absolute atomic E-state index is 0.271. The second kappa shape index (κ2) is 6.84. The van der Waals surface area contributed by atoms with Crippen molar-refractivity contribution in [3.8, 4) is 0 Å². The first-order valence-electron chi connectivity index (χ1n) is 8.17. The maximum Gasteiger partial charge on any atom is 0.160 e. The van der Waals surface area contributed by atoms with Crippen molar-refractivity contribution in [3.05, 3.63) is 23.3 Å². The van der Waals surface area contributed by atoms with Crippen LogP contribution in [0.2, 0.25) is 0 Å². The zero-order valence-electron chi connectivity index (χ0n) is 14.1. The second-order valence-corrected chi connectivity index (χ2v) is 6.37. The Hall–Kier alpha value is -1.00. The lowest BCUT2D eigenvalue weighted by Gasteiger charge is -2.38. The fourth-order valence-electron chi connectivity index (χ4n) is 3.45. The molecule has 0 radical (unpaired) electrons. The summed E-state index contributed by atoms with van der Waals surface area (Å²) in [5, 5.41) is 3.25. The van der Waals surface area contributed by atoms with E-state index in [0.29, 0.717) is 12.5 Å². The van der Waals surface area contributed by atoms with Crippen LogP contribution in [0.3, 0.4) is 0 Å². The summed E-state index contributed by atoms with van der Waals surface area (Å²) in [6, 6.07) is 0.271. The fourth-order valence-corrected chi connectivity index (χ4v) is 3.45.